The number of benzene rings is 1. The highest BCUT2D eigenvalue weighted by Gasteiger charge is 2.28. The molecule has 0 bridgehead atoms. The summed E-state index contributed by atoms with van der Waals surface area (Å²) in [6, 6.07) is 1.33. The number of esters is 1. The van der Waals surface area contributed by atoms with E-state index in [0.717, 1.165) is 0 Å². The van der Waals surface area contributed by atoms with Gasteiger partial charge >= 0.3 is 5.97 Å². The molecule has 5 rings (SSSR count). The van der Waals surface area contributed by atoms with Gasteiger partial charge in [-0.2, -0.15) is 9.61 Å². The van der Waals surface area contributed by atoms with Gasteiger partial charge in [-0.25, -0.2) is 4.98 Å². The third kappa shape index (κ3) is 4.80. The first-order valence-electron chi connectivity index (χ1n) is 14.9. The minimum absolute atomic E-state index is 0.0154. The smallest absolute Gasteiger partial charge is 0.306 e. The molecule has 1 aliphatic carbocycles. The number of halogens is 1. The molecular weight excluding hydrogens is 506 g/mol. The van der Waals surface area contributed by atoms with E-state index in [1.807, 2.05) is 0 Å². The van der Waals surface area contributed by atoms with Crippen LogP contribution in [0.3, 0.4) is 0 Å². The van der Waals surface area contributed by atoms with Crippen LogP contribution in [0.4, 0.5) is 5.82 Å². The highest BCUT2D eigenvalue weighted by molar-refractivity contribution is 9.10. The Morgan fingerprint density at radius 1 is 1.23 bits per heavy atom. The van der Waals surface area contributed by atoms with Gasteiger partial charge in [-0.1, -0.05) is 36.3 Å². The van der Waals surface area contributed by atoms with E-state index >= 15 is 0 Å². The fraction of sp³-hybridized carbons (Fsp3) is 0.333. The van der Waals surface area contributed by atoms with Gasteiger partial charge in [0, 0.05) is 37.9 Å². The van der Waals surface area contributed by atoms with E-state index in [4.69, 9.17) is 25.0 Å². The van der Waals surface area contributed by atoms with E-state index in [0.29, 0.717) is 58.4 Å². The highest BCUT2D eigenvalue weighted by atomic mass is 79.9. The van der Waals surface area contributed by atoms with Gasteiger partial charge in [-0.15, -0.1) is 0 Å². The monoisotopic (exact) mass is 540 g/mol. The largest absolute Gasteiger partial charge is 0.466 e. The number of hydrogen-bond donors (Lipinski definition) is 1. The second-order valence-electron chi connectivity index (χ2n) is 8.25. The van der Waals surface area contributed by atoms with Crippen molar-refractivity contribution >= 4 is 33.4 Å². The number of nitrogens with two attached hydrogens (primary N) is 1. The lowest BCUT2D eigenvalue weighted by molar-refractivity contribution is -0.144. The molecule has 1 saturated carbocycles. The molecule has 4 aromatic rings. The van der Waals surface area contributed by atoms with Crippen molar-refractivity contribution in [3.8, 4) is 22.4 Å². The zero-order valence-electron chi connectivity index (χ0n) is 26.1. The van der Waals surface area contributed by atoms with Gasteiger partial charge in [0.05, 0.1) is 35.5 Å². The third-order valence-electron chi connectivity index (χ3n) is 6.10. The van der Waals surface area contributed by atoms with Gasteiger partial charge in [0.1, 0.15) is 5.82 Å². The number of ether oxygens (including phenoxy) is 1. The predicted octanol–water partition coefficient (Wildman–Crippen LogP) is 6.03. The number of nitrogen functional groups attached to an aromatic ring is 1. The first kappa shape index (κ1) is 16.4. The van der Waals surface area contributed by atoms with Gasteiger partial charge < -0.3 is 10.5 Å². The van der Waals surface area contributed by atoms with Gasteiger partial charge in [0.25, 0.3) is 0 Å². The lowest BCUT2D eigenvalue weighted by Gasteiger charge is -2.28. The quantitative estimate of drug-likeness (QED) is 0.300. The van der Waals surface area contributed by atoms with Crippen LogP contribution < -0.4 is 5.73 Å². The van der Waals surface area contributed by atoms with Crippen molar-refractivity contribution in [2.24, 2.45) is 5.89 Å². The summed E-state index contributed by atoms with van der Waals surface area (Å²) in [6.45, 7) is 1.85. The summed E-state index contributed by atoms with van der Waals surface area (Å²) in [6.07, 6.45) is 3.61. The van der Waals surface area contributed by atoms with Crippen molar-refractivity contribution in [3.05, 3.63) is 64.9 Å². The molecule has 1 atom stereocenters. The summed E-state index contributed by atoms with van der Waals surface area (Å²) < 4.78 is 64.3. The number of anilines is 1. The number of fused-ring (bicyclic) bond motifs is 1. The van der Waals surface area contributed by atoms with Crippen molar-refractivity contribution in [2.45, 2.75) is 44.9 Å². The van der Waals surface area contributed by atoms with Crippen LogP contribution in [0.25, 0.3) is 28.0 Å². The van der Waals surface area contributed by atoms with Crippen LogP contribution in [0.1, 0.15) is 60.2 Å². The Kier molecular flexibility index (Phi) is 4.76. The van der Waals surface area contributed by atoms with Crippen molar-refractivity contribution < 1.29 is 19.1 Å². The number of rotatable bonds is 6. The molecule has 3 heterocycles. The molecule has 0 saturated heterocycles. The molecule has 3 aromatic heterocycles. The topological polar surface area (TPSA) is 95.4 Å². The number of aromatic nitrogens is 4. The van der Waals surface area contributed by atoms with Crippen LogP contribution >= 0.6 is 15.9 Å². The Labute approximate surface area is 222 Å². The fourth-order valence-corrected chi connectivity index (χ4v) is 4.90. The molecule has 1 aliphatic rings. The molecule has 2 N–H and O–H groups in total. The Bertz CT molecular complexity index is 1660. The highest BCUT2D eigenvalue weighted by Crippen LogP contribution is 2.41. The second-order valence-corrected chi connectivity index (χ2v) is 9.04. The lowest BCUT2D eigenvalue weighted by Crippen LogP contribution is -2.19. The molecule has 35 heavy (non-hydrogen) atoms. The predicted molar refractivity (Wildman–Crippen MR) is 140 cm³/mol. The molecule has 1 unspecified atom stereocenters. The Morgan fingerprint density at radius 3 is 2.69 bits per heavy atom. The first-order chi connectivity index (χ1) is 19.9. The number of nitrogens with zero attached hydrogens (tertiary/aromatic N) is 4. The maximum absolute atomic E-state index is 12.1. The van der Waals surface area contributed by atoms with Gasteiger partial charge in [0.15, 0.2) is 5.65 Å². The van der Waals surface area contributed by atoms with Crippen LogP contribution in [0.5, 0.6) is 0 Å². The van der Waals surface area contributed by atoms with Crippen molar-refractivity contribution in [2.75, 3.05) is 12.3 Å². The number of pyridine rings is 1. The minimum Gasteiger partial charge on any atom is -0.466 e. The van der Waals surface area contributed by atoms with Crippen LogP contribution in [0.2, 0.25) is 0 Å². The van der Waals surface area contributed by atoms with Crippen molar-refractivity contribution in [1.82, 2.24) is 19.6 Å². The number of carbonyl (C=O) groups is 1. The third-order valence-corrected chi connectivity index (χ3v) is 6.91. The van der Waals surface area contributed by atoms with E-state index in [-0.39, 0.29) is 35.9 Å². The van der Waals surface area contributed by atoms with E-state index in [2.05, 4.69) is 26.0 Å². The first-order valence-corrected chi connectivity index (χ1v) is 12.1. The van der Waals surface area contributed by atoms with Crippen molar-refractivity contribution in [3.63, 3.8) is 0 Å². The van der Waals surface area contributed by atoms with Crippen LogP contribution in [0, 0.1) is 5.89 Å². The average molecular weight is 542 g/mol. The van der Waals surface area contributed by atoms with E-state index in [1.54, 1.807) is 25.3 Å². The molecule has 0 spiro atoms. The maximum atomic E-state index is 12.1. The maximum Gasteiger partial charge on any atom is 0.306 e. The molecule has 8 heteroatoms. The number of carbonyl (C=O) groups excluding carboxylic acids is 1. The summed E-state index contributed by atoms with van der Waals surface area (Å²) in [5.74, 6) is -1.63. The van der Waals surface area contributed by atoms with Gasteiger partial charge in [-0.05, 0) is 60.5 Å². The standard InChI is InChI=1S/C27H28BrN5O2/c1-2-35-23(34)14-17-8-10-19(11-9-17)25-24(28)26(29)33-27(32-25)21(16-31-33)20-12-13-22(30-15-20)18-6-4-3-5-7-18/h3-7,12-13,15-17,19H,2,8-11,14,29H2,1H3/i3D,4D,5D,6D,7D,14D,17D. The molecule has 1 aromatic carbocycles. The van der Waals surface area contributed by atoms with Crippen molar-refractivity contribution in [1.29, 1.82) is 0 Å². The summed E-state index contributed by atoms with van der Waals surface area (Å²) in [7, 11) is 0. The molecule has 0 aliphatic heterocycles. The Morgan fingerprint density at radius 2 is 2.00 bits per heavy atom. The number of hydrogen-bond acceptors (Lipinski definition) is 6. The normalized spacial score (nSPS) is 23.8. The molecule has 0 amide bonds. The van der Waals surface area contributed by atoms with Crippen LogP contribution in [-0.2, 0) is 9.53 Å². The molecule has 7 nitrogen and oxygen atoms in total. The summed E-state index contributed by atoms with van der Waals surface area (Å²) in [4.78, 5) is 21.5. The Balaban J connectivity index is 1.47. The zero-order valence-corrected chi connectivity index (χ0v) is 20.6. The Hall–Kier alpha value is -3.26. The molecule has 180 valence electrons. The van der Waals surface area contributed by atoms with Gasteiger partial charge in [0.2, 0.25) is 0 Å². The lowest BCUT2D eigenvalue weighted by atomic mass is 9.79. The van der Waals surface area contributed by atoms with Crippen LogP contribution in [-0.4, -0.2) is 32.2 Å². The summed E-state index contributed by atoms with van der Waals surface area (Å²) >= 11 is 3.57. The van der Waals surface area contributed by atoms with E-state index in [1.165, 1.54) is 10.7 Å². The van der Waals surface area contributed by atoms with Gasteiger partial charge in [-0.3, -0.25) is 9.78 Å². The average Bonchev–Trinajstić information content (AvgIpc) is 3.41. The molecular formula is C27H28BrN5O2. The second kappa shape index (κ2) is 10.2. The zero-order chi connectivity index (χ0) is 30.5. The van der Waals surface area contributed by atoms with Crippen LogP contribution in [0.15, 0.2) is 59.2 Å². The fourth-order valence-electron chi connectivity index (χ4n) is 4.32. The SMILES string of the molecule is [2H]c1c([2H])c([2H])c(-c2ccc(-c3cnn4c(N)c(Br)c(C5CCC([2H])(C([2H])C(=O)OCC)CC5)nc34)cn2)c([2H])c1[2H]. The van der Waals surface area contributed by atoms with E-state index in [9.17, 15) is 4.79 Å². The van der Waals surface area contributed by atoms with E-state index < -0.39 is 36.4 Å². The summed E-state index contributed by atoms with van der Waals surface area (Å²) in [5.41, 5.74) is 9.15. The molecule has 1 fully saturated rings. The summed E-state index contributed by atoms with van der Waals surface area (Å²) in [5, 5.41) is 4.40. The molecule has 0 radical (unpaired) electrons. The minimum atomic E-state index is -1.28.